The molecule has 264 valence electrons. The molecule has 0 amide bonds. The van der Waals surface area contributed by atoms with Crippen LogP contribution in [0, 0.1) is 0 Å². The molecule has 0 aliphatic carbocycles. The van der Waals surface area contributed by atoms with Crippen LogP contribution >= 0.6 is 11.6 Å². The molecule has 0 aromatic heterocycles. The summed E-state index contributed by atoms with van der Waals surface area (Å²) in [5, 5.41) is 0.327. The monoisotopic (exact) mass is 762 g/mol. The normalized spacial score (nSPS) is 25.9. The maximum Gasteiger partial charge on any atom is 0.264 e. The molecular weight excluding hydrogens is 728 g/mol. The molecule has 0 N–H and O–H groups in total. The van der Waals surface area contributed by atoms with E-state index in [1.165, 1.54) is 12.1 Å². The minimum atomic E-state index is -4.44. The van der Waals surface area contributed by atoms with E-state index in [4.69, 9.17) is 42.5 Å². The van der Waals surface area contributed by atoms with E-state index in [-0.39, 0.29) is 18.1 Å². The van der Waals surface area contributed by atoms with Crippen LogP contribution < -0.4 is 4.74 Å². The average Bonchev–Trinajstić information content (AvgIpc) is 3.43. The predicted octanol–water partition coefficient (Wildman–Crippen LogP) is 1.55. The van der Waals surface area contributed by atoms with Gasteiger partial charge in [-0.3, -0.25) is 16.7 Å². The predicted molar refractivity (Wildman–Crippen MR) is 168 cm³/mol. The van der Waals surface area contributed by atoms with E-state index >= 15 is 0 Å². The van der Waals surface area contributed by atoms with Crippen molar-refractivity contribution in [2.75, 3.05) is 44.8 Å². The van der Waals surface area contributed by atoms with Crippen LogP contribution in [-0.4, -0.2) is 109 Å². The lowest BCUT2D eigenvalue weighted by atomic mass is 9.90. The topological polar surface area (TPSA) is 201 Å². The summed E-state index contributed by atoms with van der Waals surface area (Å²) >= 11 is 6.53. The van der Waals surface area contributed by atoms with Crippen molar-refractivity contribution in [1.29, 1.82) is 0 Å². The second kappa shape index (κ2) is 14.9. The molecule has 2 saturated heterocycles. The van der Waals surface area contributed by atoms with Crippen LogP contribution in [0.2, 0.25) is 5.02 Å². The Hall–Kier alpha value is -1.91. The Kier molecular flexibility index (Phi) is 12.0. The molecule has 6 atom stereocenters. The Labute approximate surface area is 279 Å². The first-order chi connectivity index (χ1) is 21.7. The largest absolute Gasteiger partial charge is 0.488 e. The zero-order chi connectivity index (χ0) is 34.8. The molecule has 0 spiro atoms. The number of benzene rings is 2. The maximum absolute atomic E-state index is 12.4. The second-order valence-electron chi connectivity index (χ2n) is 11.2. The van der Waals surface area contributed by atoms with E-state index in [1.807, 2.05) is 12.1 Å². The van der Waals surface area contributed by atoms with Gasteiger partial charge in [0, 0.05) is 11.4 Å². The lowest BCUT2D eigenvalue weighted by Gasteiger charge is -2.44. The molecule has 0 saturated carbocycles. The van der Waals surface area contributed by atoms with Gasteiger partial charge in [0.25, 0.3) is 40.5 Å². The quantitative estimate of drug-likeness (QED) is 0.251. The Morgan fingerprint density at radius 3 is 1.91 bits per heavy atom. The molecule has 2 aromatic rings. The van der Waals surface area contributed by atoms with Gasteiger partial charge in [-0.15, -0.1) is 0 Å². The number of halogens is 1. The van der Waals surface area contributed by atoms with Crippen molar-refractivity contribution in [3.63, 3.8) is 0 Å². The molecule has 0 bridgehead atoms. The Balaban J connectivity index is 1.74. The molecule has 2 aliphatic heterocycles. The van der Waals surface area contributed by atoms with Gasteiger partial charge in [0.1, 0.15) is 42.4 Å². The Morgan fingerprint density at radius 2 is 1.36 bits per heavy atom. The van der Waals surface area contributed by atoms with E-state index in [0.717, 1.165) is 18.2 Å². The van der Waals surface area contributed by atoms with E-state index in [0.29, 0.717) is 48.3 Å². The molecule has 20 heteroatoms. The zero-order valence-electron chi connectivity index (χ0n) is 25.7. The average molecular weight is 763 g/mol. The molecule has 2 aromatic carbocycles. The van der Waals surface area contributed by atoms with Gasteiger partial charge in [0.15, 0.2) is 0 Å². The lowest BCUT2D eigenvalue weighted by molar-refractivity contribution is -0.206. The Morgan fingerprint density at radius 1 is 0.766 bits per heavy atom. The summed E-state index contributed by atoms with van der Waals surface area (Å²) in [6, 6.07) is 11.8. The minimum absolute atomic E-state index is 0.0332. The molecule has 2 heterocycles. The highest BCUT2D eigenvalue weighted by Crippen LogP contribution is 2.40. The van der Waals surface area contributed by atoms with Crippen molar-refractivity contribution in [3.05, 3.63) is 64.2 Å². The van der Waals surface area contributed by atoms with Crippen LogP contribution in [0.25, 0.3) is 0 Å². The molecule has 0 radical (unpaired) electrons. The van der Waals surface area contributed by atoms with E-state index in [2.05, 4.69) is 0 Å². The highest BCUT2D eigenvalue weighted by molar-refractivity contribution is 7.86. The summed E-state index contributed by atoms with van der Waals surface area (Å²) < 4.78 is 135. The molecule has 0 unspecified atom stereocenters. The number of rotatable bonds is 14. The first kappa shape index (κ1) is 37.9. The van der Waals surface area contributed by atoms with Gasteiger partial charge in [0.05, 0.1) is 44.8 Å². The van der Waals surface area contributed by atoms with E-state index in [9.17, 15) is 33.7 Å². The highest BCUT2D eigenvalue weighted by Gasteiger charge is 2.53. The zero-order valence-corrected chi connectivity index (χ0v) is 29.7. The summed E-state index contributed by atoms with van der Waals surface area (Å²) in [4.78, 5) is 0. The molecular formula is C27H35ClO15S4. The molecule has 47 heavy (non-hydrogen) atoms. The summed E-state index contributed by atoms with van der Waals surface area (Å²) in [5.41, 5.74) is 1.58. The van der Waals surface area contributed by atoms with Crippen LogP contribution in [0.3, 0.4) is 0 Å². The number of hydrogen-bond acceptors (Lipinski definition) is 15. The summed E-state index contributed by atoms with van der Waals surface area (Å²) in [5.74, 6) is 0.658. The van der Waals surface area contributed by atoms with Crippen LogP contribution in [-0.2, 0) is 73.1 Å². The van der Waals surface area contributed by atoms with Gasteiger partial charge >= 0.3 is 0 Å². The van der Waals surface area contributed by atoms with Gasteiger partial charge in [-0.2, -0.15) is 33.7 Å². The van der Waals surface area contributed by atoms with E-state index < -0.39 is 77.6 Å². The summed E-state index contributed by atoms with van der Waals surface area (Å²) in [6.45, 7) is 0.291. The fourth-order valence-electron chi connectivity index (χ4n) is 5.06. The Bertz CT molecular complexity index is 1840. The molecule has 2 aliphatic rings. The van der Waals surface area contributed by atoms with Gasteiger partial charge < -0.3 is 14.2 Å². The SMILES string of the molecule is CS(=O)(=O)OC[C@H]1O[C@@H](c2ccc(Cl)c(Cc3ccc(O[C@H]4CCOC4)cc3)c2)[C@H](OS(C)(=O)=O)[C@@H](OS(C)(=O)=O)[C@@H]1OS(C)(=O)=O. The first-order valence-corrected chi connectivity index (χ1v) is 21.6. The summed E-state index contributed by atoms with van der Waals surface area (Å²) in [6.07, 6.45) is -5.16. The summed E-state index contributed by atoms with van der Waals surface area (Å²) in [7, 11) is -17.4. The smallest absolute Gasteiger partial charge is 0.264 e. The van der Waals surface area contributed by atoms with Crippen molar-refractivity contribution < 1.29 is 64.6 Å². The minimum Gasteiger partial charge on any atom is -0.488 e. The fourth-order valence-corrected chi connectivity index (χ4v) is 7.49. The maximum atomic E-state index is 12.4. The van der Waals surface area contributed by atoms with Gasteiger partial charge in [-0.25, -0.2) is 0 Å². The molecule has 15 nitrogen and oxygen atoms in total. The third-order valence-corrected chi connectivity index (χ3v) is 9.49. The van der Waals surface area contributed by atoms with Crippen molar-refractivity contribution >= 4 is 52.1 Å². The van der Waals surface area contributed by atoms with Crippen LogP contribution in [0.4, 0.5) is 0 Å². The number of hydrogen-bond donors (Lipinski definition) is 0. The molecule has 4 rings (SSSR count). The van der Waals surface area contributed by atoms with Crippen LogP contribution in [0.15, 0.2) is 42.5 Å². The lowest BCUT2D eigenvalue weighted by Crippen LogP contribution is -2.59. The third kappa shape index (κ3) is 11.9. The van der Waals surface area contributed by atoms with Gasteiger partial charge in [-0.05, 0) is 41.3 Å². The van der Waals surface area contributed by atoms with Crippen molar-refractivity contribution in [1.82, 2.24) is 0 Å². The van der Waals surface area contributed by atoms with Crippen LogP contribution in [0.1, 0.15) is 29.2 Å². The van der Waals surface area contributed by atoms with Crippen molar-refractivity contribution in [2.45, 2.75) is 49.5 Å². The van der Waals surface area contributed by atoms with Gasteiger partial charge in [-0.1, -0.05) is 35.9 Å². The highest BCUT2D eigenvalue weighted by atomic mass is 35.5. The molecule has 2 fully saturated rings. The number of ether oxygens (including phenoxy) is 3. The van der Waals surface area contributed by atoms with E-state index in [1.54, 1.807) is 18.2 Å². The van der Waals surface area contributed by atoms with Crippen molar-refractivity contribution in [3.8, 4) is 5.75 Å². The third-order valence-electron chi connectivity index (χ3n) is 6.84. The second-order valence-corrected chi connectivity index (χ2v) is 18.0. The standard InChI is InChI=1S/C27H35ClO15S4/c1-44(29,30)38-16-23-25(41-45(2,31)32)27(43-47(4,35)36)26(42-46(3,33)34)24(40-23)18-7-10-22(28)19(14-18)13-17-5-8-20(9-6-17)39-21-11-12-37-15-21/h5-10,14,21,23-27H,11-13,15-16H2,1-4H3/t21-,23+,24-,25+,26-,27-/m0/s1. The van der Waals surface area contributed by atoms with Crippen molar-refractivity contribution in [2.24, 2.45) is 0 Å². The first-order valence-electron chi connectivity index (χ1n) is 13.9. The fraction of sp³-hybridized carbons (Fsp3) is 0.556. The van der Waals surface area contributed by atoms with Crippen LogP contribution in [0.5, 0.6) is 5.75 Å². The van der Waals surface area contributed by atoms with Gasteiger partial charge in [0.2, 0.25) is 0 Å².